The molecule has 2 aromatic rings. The molecular weight excluding hydrogens is 272 g/mol. The molecule has 0 bridgehead atoms. The van der Waals surface area contributed by atoms with Crippen molar-refractivity contribution in [3.63, 3.8) is 0 Å². The number of nitrogens with two attached hydrogens (primary N) is 1. The van der Waals surface area contributed by atoms with Crippen molar-refractivity contribution in [3.8, 4) is 0 Å². The molecule has 0 unspecified atom stereocenters. The molecule has 1 amide bonds. The van der Waals surface area contributed by atoms with Gasteiger partial charge in [-0.2, -0.15) is 0 Å². The minimum Gasteiger partial charge on any atom is -0.393 e. The van der Waals surface area contributed by atoms with Gasteiger partial charge in [0.25, 0.3) is 0 Å². The van der Waals surface area contributed by atoms with E-state index in [1.165, 1.54) is 0 Å². The van der Waals surface area contributed by atoms with Crippen LogP contribution in [0, 0.1) is 0 Å². The SMILES string of the molecule is CCN(C)C(=O)Cn1c(CC(N)=S)nc2ccccc21. The van der Waals surface area contributed by atoms with Crippen molar-refractivity contribution >= 4 is 34.1 Å². The number of likely N-dealkylation sites (N-methyl/N-ethyl adjacent to an activating group) is 1. The van der Waals surface area contributed by atoms with Gasteiger partial charge in [0.2, 0.25) is 5.91 Å². The van der Waals surface area contributed by atoms with E-state index in [2.05, 4.69) is 4.98 Å². The molecular formula is C14H18N4OS. The summed E-state index contributed by atoms with van der Waals surface area (Å²) in [5, 5.41) is 0. The Kier molecular flexibility index (Phi) is 4.34. The Labute approximate surface area is 123 Å². The van der Waals surface area contributed by atoms with E-state index in [4.69, 9.17) is 18.0 Å². The Bertz CT molecular complexity index is 650. The van der Waals surface area contributed by atoms with E-state index in [0.29, 0.717) is 18.0 Å². The van der Waals surface area contributed by atoms with E-state index in [9.17, 15) is 4.79 Å². The smallest absolute Gasteiger partial charge is 0.242 e. The third-order valence-corrected chi connectivity index (χ3v) is 3.40. The molecule has 1 aromatic heterocycles. The van der Waals surface area contributed by atoms with Gasteiger partial charge < -0.3 is 15.2 Å². The summed E-state index contributed by atoms with van der Waals surface area (Å²) in [7, 11) is 1.79. The highest BCUT2D eigenvalue weighted by Gasteiger charge is 2.15. The molecule has 0 aliphatic carbocycles. The first-order chi connectivity index (χ1) is 9.52. The molecule has 2 rings (SSSR count). The lowest BCUT2D eigenvalue weighted by atomic mass is 10.3. The highest BCUT2D eigenvalue weighted by molar-refractivity contribution is 7.80. The van der Waals surface area contributed by atoms with Crippen LogP contribution in [0.5, 0.6) is 0 Å². The van der Waals surface area contributed by atoms with Gasteiger partial charge in [-0.15, -0.1) is 0 Å². The number of nitrogens with zero attached hydrogens (tertiary/aromatic N) is 3. The summed E-state index contributed by atoms with van der Waals surface area (Å²) in [4.78, 5) is 18.7. The first-order valence-electron chi connectivity index (χ1n) is 6.49. The van der Waals surface area contributed by atoms with Crippen molar-refractivity contribution in [1.29, 1.82) is 0 Å². The summed E-state index contributed by atoms with van der Waals surface area (Å²) in [5.74, 6) is 0.774. The molecule has 1 heterocycles. The van der Waals surface area contributed by atoms with E-state index in [0.717, 1.165) is 16.9 Å². The molecule has 0 radical (unpaired) electrons. The molecule has 0 spiro atoms. The van der Waals surface area contributed by atoms with Crippen molar-refractivity contribution in [2.45, 2.75) is 19.9 Å². The van der Waals surface area contributed by atoms with Gasteiger partial charge >= 0.3 is 0 Å². The first-order valence-corrected chi connectivity index (χ1v) is 6.90. The number of para-hydroxylation sites is 2. The lowest BCUT2D eigenvalue weighted by Gasteiger charge is -2.16. The Morgan fingerprint density at radius 3 is 2.80 bits per heavy atom. The largest absolute Gasteiger partial charge is 0.393 e. The van der Waals surface area contributed by atoms with Crippen molar-refractivity contribution in [2.75, 3.05) is 13.6 Å². The van der Waals surface area contributed by atoms with Crippen molar-refractivity contribution < 1.29 is 4.79 Å². The number of carbonyl (C=O) groups is 1. The van der Waals surface area contributed by atoms with Crippen LogP contribution < -0.4 is 5.73 Å². The maximum absolute atomic E-state index is 12.1. The van der Waals surface area contributed by atoms with Crippen LogP contribution in [0.2, 0.25) is 0 Å². The monoisotopic (exact) mass is 290 g/mol. The Morgan fingerprint density at radius 1 is 1.45 bits per heavy atom. The van der Waals surface area contributed by atoms with E-state index in [-0.39, 0.29) is 12.5 Å². The second kappa shape index (κ2) is 6.00. The van der Waals surface area contributed by atoms with E-state index >= 15 is 0 Å². The lowest BCUT2D eigenvalue weighted by molar-refractivity contribution is -0.130. The molecule has 0 aliphatic rings. The van der Waals surface area contributed by atoms with Crippen LogP contribution in [0.15, 0.2) is 24.3 Å². The number of benzene rings is 1. The quantitative estimate of drug-likeness (QED) is 0.844. The Morgan fingerprint density at radius 2 is 2.15 bits per heavy atom. The van der Waals surface area contributed by atoms with Gasteiger partial charge in [0, 0.05) is 13.6 Å². The summed E-state index contributed by atoms with van der Waals surface area (Å²) >= 11 is 4.96. The maximum atomic E-state index is 12.1. The third-order valence-electron chi connectivity index (χ3n) is 3.26. The molecule has 1 aromatic carbocycles. The predicted molar refractivity (Wildman–Crippen MR) is 83.5 cm³/mol. The van der Waals surface area contributed by atoms with Crippen LogP contribution in [0.1, 0.15) is 12.7 Å². The highest BCUT2D eigenvalue weighted by atomic mass is 32.1. The Hall–Kier alpha value is -1.95. The fourth-order valence-corrected chi connectivity index (χ4v) is 2.15. The highest BCUT2D eigenvalue weighted by Crippen LogP contribution is 2.16. The minimum atomic E-state index is 0.0415. The summed E-state index contributed by atoms with van der Waals surface area (Å²) in [5.41, 5.74) is 7.39. The molecule has 6 heteroatoms. The van der Waals surface area contributed by atoms with E-state index in [1.807, 2.05) is 35.8 Å². The lowest BCUT2D eigenvalue weighted by Crippen LogP contribution is -2.30. The van der Waals surface area contributed by atoms with Crippen LogP contribution in [-0.2, 0) is 17.8 Å². The van der Waals surface area contributed by atoms with E-state index in [1.54, 1.807) is 11.9 Å². The van der Waals surface area contributed by atoms with Gasteiger partial charge in [0.1, 0.15) is 12.4 Å². The minimum absolute atomic E-state index is 0.0415. The molecule has 0 aliphatic heterocycles. The second-order valence-electron chi connectivity index (χ2n) is 4.65. The van der Waals surface area contributed by atoms with Crippen LogP contribution in [0.3, 0.4) is 0 Å². The molecule has 5 nitrogen and oxygen atoms in total. The number of imidazole rings is 1. The number of hydrogen-bond acceptors (Lipinski definition) is 3. The summed E-state index contributed by atoms with van der Waals surface area (Å²) < 4.78 is 1.89. The second-order valence-corrected chi connectivity index (χ2v) is 5.18. The van der Waals surface area contributed by atoms with E-state index < -0.39 is 0 Å². The van der Waals surface area contributed by atoms with Gasteiger partial charge in [0.15, 0.2) is 0 Å². The third kappa shape index (κ3) is 2.96. The number of amides is 1. The topological polar surface area (TPSA) is 64.2 Å². The fourth-order valence-electron chi connectivity index (χ4n) is 2.02. The number of rotatable bonds is 5. The van der Waals surface area contributed by atoms with Gasteiger partial charge in [-0.05, 0) is 19.1 Å². The zero-order valence-corrected chi connectivity index (χ0v) is 12.5. The average Bonchev–Trinajstić information content (AvgIpc) is 2.75. The number of fused-ring (bicyclic) bond motifs is 1. The molecule has 0 fully saturated rings. The van der Waals surface area contributed by atoms with Crippen LogP contribution in [-0.4, -0.2) is 38.9 Å². The van der Waals surface area contributed by atoms with Crippen molar-refractivity contribution in [3.05, 3.63) is 30.1 Å². The number of aromatic nitrogens is 2. The van der Waals surface area contributed by atoms with Gasteiger partial charge in [-0.1, -0.05) is 24.4 Å². The first kappa shape index (κ1) is 14.5. The normalized spacial score (nSPS) is 10.7. The Balaban J connectivity index is 2.42. The number of thiocarbonyl (C=S) groups is 1. The predicted octanol–water partition coefficient (Wildman–Crippen LogP) is 1.34. The van der Waals surface area contributed by atoms with Gasteiger partial charge in [-0.25, -0.2) is 4.98 Å². The standard InChI is InChI=1S/C14H18N4OS/c1-3-17(2)14(19)9-18-11-7-5-4-6-10(11)16-13(18)8-12(15)20/h4-7H,3,8-9H2,1-2H3,(H2,15,20). The zero-order valence-electron chi connectivity index (χ0n) is 11.7. The molecule has 106 valence electrons. The molecule has 2 N–H and O–H groups in total. The average molecular weight is 290 g/mol. The van der Waals surface area contributed by atoms with Gasteiger partial charge in [-0.3, -0.25) is 4.79 Å². The van der Waals surface area contributed by atoms with Crippen LogP contribution in [0.4, 0.5) is 0 Å². The molecule has 0 saturated heterocycles. The van der Waals surface area contributed by atoms with Crippen LogP contribution >= 0.6 is 12.2 Å². The summed E-state index contributed by atoms with van der Waals surface area (Å²) in [6.07, 6.45) is 0.396. The summed E-state index contributed by atoms with van der Waals surface area (Å²) in [6, 6.07) is 7.72. The zero-order chi connectivity index (χ0) is 14.7. The molecule has 0 saturated carbocycles. The van der Waals surface area contributed by atoms with Crippen molar-refractivity contribution in [1.82, 2.24) is 14.5 Å². The van der Waals surface area contributed by atoms with Gasteiger partial charge in [0.05, 0.1) is 22.4 Å². The van der Waals surface area contributed by atoms with Crippen molar-refractivity contribution in [2.24, 2.45) is 5.73 Å². The number of carbonyl (C=O) groups excluding carboxylic acids is 1. The fraction of sp³-hybridized carbons (Fsp3) is 0.357. The number of hydrogen-bond donors (Lipinski definition) is 1. The molecule has 20 heavy (non-hydrogen) atoms. The maximum Gasteiger partial charge on any atom is 0.242 e. The van der Waals surface area contributed by atoms with Crippen LogP contribution in [0.25, 0.3) is 11.0 Å². The molecule has 0 atom stereocenters. The summed E-state index contributed by atoms with van der Waals surface area (Å²) in [6.45, 7) is 2.87.